The number of ether oxygens (including phenoxy) is 1. The number of nitrogens with one attached hydrogen (secondary N) is 1. The van der Waals surface area contributed by atoms with E-state index in [2.05, 4.69) is 65.4 Å². The molecule has 0 bridgehead atoms. The van der Waals surface area contributed by atoms with Crippen molar-refractivity contribution in [2.75, 3.05) is 6.61 Å². The summed E-state index contributed by atoms with van der Waals surface area (Å²) in [6, 6.07) is 17.3. The minimum absolute atomic E-state index is 0.287. The van der Waals surface area contributed by atoms with Crippen molar-refractivity contribution in [2.45, 2.75) is 32.9 Å². The van der Waals surface area contributed by atoms with Gasteiger partial charge >= 0.3 is 0 Å². The van der Waals surface area contributed by atoms with E-state index in [4.69, 9.17) is 4.74 Å². The van der Waals surface area contributed by atoms with Gasteiger partial charge in [-0.15, -0.1) is 0 Å². The van der Waals surface area contributed by atoms with E-state index in [0.717, 1.165) is 10.2 Å². The standard InChI is InChI=1S/C18H22BrNO/c1-4-21-18-10-8-15(9-11-18)13(2)20-14(3)16-6-5-7-17(19)12-16/h5-14,20H,4H2,1-3H3. The van der Waals surface area contributed by atoms with Crippen molar-refractivity contribution in [1.82, 2.24) is 5.32 Å². The zero-order valence-electron chi connectivity index (χ0n) is 12.8. The Balaban J connectivity index is 2.01. The molecule has 2 aromatic rings. The van der Waals surface area contributed by atoms with Crippen molar-refractivity contribution in [3.63, 3.8) is 0 Å². The first kappa shape index (κ1) is 16.1. The van der Waals surface area contributed by atoms with Crippen LogP contribution in [-0.4, -0.2) is 6.61 Å². The van der Waals surface area contributed by atoms with Gasteiger partial charge in [0.05, 0.1) is 6.61 Å². The third kappa shape index (κ3) is 4.58. The topological polar surface area (TPSA) is 21.3 Å². The van der Waals surface area contributed by atoms with Crippen LogP contribution in [0, 0.1) is 0 Å². The molecule has 0 radical (unpaired) electrons. The van der Waals surface area contributed by atoms with E-state index in [0.29, 0.717) is 12.6 Å². The molecule has 2 rings (SSSR count). The fraction of sp³-hybridized carbons (Fsp3) is 0.333. The van der Waals surface area contributed by atoms with Gasteiger partial charge in [0.25, 0.3) is 0 Å². The summed E-state index contributed by atoms with van der Waals surface area (Å²) in [5.74, 6) is 0.925. The molecule has 0 fully saturated rings. The fourth-order valence-corrected chi connectivity index (χ4v) is 2.78. The number of halogens is 1. The molecule has 0 spiro atoms. The molecule has 0 aliphatic rings. The molecule has 21 heavy (non-hydrogen) atoms. The Bertz CT molecular complexity index is 568. The Morgan fingerprint density at radius 2 is 1.67 bits per heavy atom. The highest BCUT2D eigenvalue weighted by atomic mass is 79.9. The Labute approximate surface area is 135 Å². The van der Waals surface area contributed by atoms with Gasteiger partial charge < -0.3 is 10.1 Å². The summed E-state index contributed by atoms with van der Waals surface area (Å²) in [4.78, 5) is 0. The summed E-state index contributed by atoms with van der Waals surface area (Å²) >= 11 is 3.52. The largest absolute Gasteiger partial charge is 0.494 e. The van der Waals surface area contributed by atoms with Crippen LogP contribution < -0.4 is 10.1 Å². The minimum atomic E-state index is 0.287. The Hall–Kier alpha value is -1.32. The molecule has 0 aliphatic carbocycles. The van der Waals surface area contributed by atoms with Gasteiger partial charge in [0.15, 0.2) is 0 Å². The van der Waals surface area contributed by atoms with Gasteiger partial charge in [0.2, 0.25) is 0 Å². The van der Waals surface area contributed by atoms with E-state index in [9.17, 15) is 0 Å². The lowest BCUT2D eigenvalue weighted by molar-refractivity contribution is 0.340. The van der Waals surface area contributed by atoms with Crippen LogP contribution in [0.3, 0.4) is 0 Å². The molecular formula is C18H22BrNO. The van der Waals surface area contributed by atoms with E-state index in [1.165, 1.54) is 11.1 Å². The van der Waals surface area contributed by atoms with Crippen molar-refractivity contribution in [2.24, 2.45) is 0 Å². The zero-order valence-corrected chi connectivity index (χ0v) is 14.4. The normalized spacial score (nSPS) is 13.7. The van der Waals surface area contributed by atoms with Crippen LogP contribution in [0.15, 0.2) is 53.0 Å². The van der Waals surface area contributed by atoms with Crippen LogP contribution in [-0.2, 0) is 0 Å². The predicted octanol–water partition coefficient (Wildman–Crippen LogP) is 5.26. The van der Waals surface area contributed by atoms with Crippen molar-refractivity contribution < 1.29 is 4.74 Å². The van der Waals surface area contributed by atoms with Crippen LogP contribution in [0.2, 0.25) is 0 Å². The van der Waals surface area contributed by atoms with Crippen molar-refractivity contribution >= 4 is 15.9 Å². The first-order valence-corrected chi connectivity index (χ1v) is 8.13. The zero-order chi connectivity index (χ0) is 15.2. The van der Waals surface area contributed by atoms with Crippen molar-refractivity contribution in [1.29, 1.82) is 0 Å². The van der Waals surface area contributed by atoms with E-state index < -0.39 is 0 Å². The molecule has 0 heterocycles. The lowest BCUT2D eigenvalue weighted by atomic mass is 10.0. The molecule has 2 aromatic carbocycles. The highest BCUT2D eigenvalue weighted by Gasteiger charge is 2.11. The average molecular weight is 348 g/mol. The second kappa shape index (κ2) is 7.62. The molecule has 0 amide bonds. The molecule has 0 aliphatic heterocycles. The summed E-state index contributed by atoms with van der Waals surface area (Å²) in [5, 5.41) is 3.63. The summed E-state index contributed by atoms with van der Waals surface area (Å²) in [7, 11) is 0. The maximum atomic E-state index is 5.48. The van der Waals surface area contributed by atoms with Crippen LogP contribution in [0.25, 0.3) is 0 Å². The van der Waals surface area contributed by atoms with Gasteiger partial charge in [-0.2, -0.15) is 0 Å². The van der Waals surface area contributed by atoms with Crippen LogP contribution >= 0.6 is 15.9 Å². The van der Waals surface area contributed by atoms with Crippen molar-refractivity contribution in [3.8, 4) is 5.75 Å². The molecule has 2 unspecified atom stereocenters. The highest BCUT2D eigenvalue weighted by molar-refractivity contribution is 9.10. The fourth-order valence-electron chi connectivity index (χ4n) is 2.36. The monoisotopic (exact) mass is 347 g/mol. The van der Waals surface area contributed by atoms with Gasteiger partial charge in [0, 0.05) is 16.6 Å². The lowest BCUT2D eigenvalue weighted by Crippen LogP contribution is -2.22. The molecule has 2 nitrogen and oxygen atoms in total. The summed E-state index contributed by atoms with van der Waals surface area (Å²) in [6.45, 7) is 7.07. The van der Waals surface area contributed by atoms with Gasteiger partial charge in [-0.25, -0.2) is 0 Å². The Morgan fingerprint density at radius 1 is 1.00 bits per heavy atom. The summed E-state index contributed by atoms with van der Waals surface area (Å²) in [6.07, 6.45) is 0. The molecular weight excluding hydrogens is 326 g/mol. The third-order valence-electron chi connectivity index (χ3n) is 3.54. The summed E-state index contributed by atoms with van der Waals surface area (Å²) in [5.41, 5.74) is 2.54. The molecule has 112 valence electrons. The number of hydrogen-bond donors (Lipinski definition) is 1. The van der Waals surface area contributed by atoms with E-state index >= 15 is 0 Å². The van der Waals surface area contributed by atoms with Gasteiger partial charge in [-0.05, 0) is 56.2 Å². The number of hydrogen-bond acceptors (Lipinski definition) is 2. The molecule has 0 saturated heterocycles. The molecule has 0 aromatic heterocycles. The maximum absolute atomic E-state index is 5.48. The quantitative estimate of drug-likeness (QED) is 0.769. The molecule has 3 heteroatoms. The Morgan fingerprint density at radius 3 is 2.29 bits per heavy atom. The van der Waals surface area contributed by atoms with Gasteiger partial charge in [-0.1, -0.05) is 40.2 Å². The number of rotatable bonds is 6. The molecule has 0 saturated carbocycles. The van der Waals surface area contributed by atoms with Crippen LogP contribution in [0.5, 0.6) is 5.75 Å². The smallest absolute Gasteiger partial charge is 0.119 e. The minimum Gasteiger partial charge on any atom is -0.494 e. The van der Waals surface area contributed by atoms with E-state index in [1.54, 1.807) is 0 Å². The van der Waals surface area contributed by atoms with Crippen LogP contribution in [0.4, 0.5) is 0 Å². The second-order valence-electron chi connectivity index (χ2n) is 5.17. The molecule has 1 N–H and O–H groups in total. The first-order chi connectivity index (χ1) is 10.1. The first-order valence-electron chi connectivity index (χ1n) is 7.34. The van der Waals surface area contributed by atoms with E-state index in [1.807, 2.05) is 25.1 Å². The van der Waals surface area contributed by atoms with E-state index in [-0.39, 0.29) is 6.04 Å². The molecule has 2 atom stereocenters. The van der Waals surface area contributed by atoms with Crippen LogP contribution in [0.1, 0.15) is 44.0 Å². The highest BCUT2D eigenvalue weighted by Crippen LogP contribution is 2.23. The SMILES string of the molecule is CCOc1ccc(C(C)NC(C)c2cccc(Br)c2)cc1. The average Bonchev–Trinajstić information content (AvgIpc) is 2.48. The van der Waals surface area contributed by atoms with Gasteiger partial charge in [-0.3, -0.25) is 0 Å². The lowest BCUT2D eigenvalue weighted by Gasteiger charge is -2.21. The third-order valence-corrected chi connectivity index (χ3v) is 4.03. The summed E-state index contributed by atoms with van der Waals surface area (Å²) < 4.78 is 6.59. The predicted molar refractivity (Wildman–Crippen MR) is 91.7 cm³/mol. The maximum Gasteiger partial charge on any atom is 0.119 e. The van der Waals surface area contributed by atoms with Gasteiger partial charge in [0.1, 0.15) is 5.75 Å². The Kier molecular flexibility index (Phi) is 5.83. The van der Waals surface area contributed by atoms with Crippen molar-refractivity contribution in [3.05, 3.63) is 64.1 Å². The second-order valence-corrected chi connectivity index (χ2v) is 6.08. The number of benzene rings is 2.